The number of anilines is 1. The first-order valence-corrected chi connectivity index (χ1v) is 6.06. The summed E-state index contributed by atoms with van der Waals surface area (Å²) in [6.45, 7) is 2.85. The molecular formula is C12H14N4O4. The van der Waals surface area contributed by atoms with Gasteiger partial charge in [-0.2, -0.15) is 4.98 Å². The summed E-state index contributed by atoms with van der Waals surface area (Å²) < 4.78 is 10.3. The standard InChI is InChI=1S/C12H14N4O4/c1-2-5-19-7-11-14-12(20-15-11)8-3-4-9(13)10(6-8)16(17)18/h3-4,6H,2,5,7,13H2,1H3. The van der Waals surface area contributed by atoms with Crippen LogP contribution in [0.1, 0.15) is 19.2 Å². The minimum Gasteiger partial charge on any atom is -0.393 e. The molecule has 0 aliphatic rings. The van der Waals surface area contributed by atoms with Crippen LogP contribution in [0.5, 0.6) is 0 Å². The van der Waals surface area contributed by atoms with E-state index in [4.69, 9.17) is 15.0 Å². The molecule has 0 saturated heterocycles. The second-order valence-electron chi connectivity index (χ2n) is 4.10. The molecule has 0 unspecified atom stereocenters. The highest BCUT2D eigenvalue weighted by Gasteiger charge is 2.16. The maximum atomic E-state index is 10.8. The number of aromatic nitrogens is 2. The van der Waals surface area contributed by atoms with Crippen LogP contribution in [0.4, 0.5) is 11.4 Å². The second-order valence-corrected chi connectivity index (χ2v) is 4.10. The smallest absolute Gasteiger partial charge is 0.292 e. The van der Waals surface area contributed by atoms with E-state index in [2.05, 4.69) is 10.1 Å². The monoisotopic (exact) mass is 278 g/mol. The van der Waals surface area contributed by atoms with Crippen molar-refractivity contribution >= 4 is 11.4 Å². The summed E-state index contributed by atoms with van der Waals surface area (Å²) in [4.78, 5) is 14.4. The first-order valence-electron chi connectivity index (χ1n) is 6.06. The predicted molar refractivity (Wildman–Crippen MR) is 70.7 cm³/mol. The molecule has 0 radical (unpaired) electrons. The first-order chi connectivity index (χ1) is 9.61. The first kappa shape index (κ1) is 13.9. The van der Waals surface area contributed by atoms with Crippen LogP contribution >= 0.6 is 0 Å². The van der Waals surface area contributed by atoms with Crippen LogP contribution in [0, 0.1) is 10.1 Å². The molecule has 0 aliphatic carbocycles. The molecule has 2 rings (SSSR count). The van der Waals surface area contributed by atoms with E-state index < -0.39 is 4.92 Å². The average Bonchev–Trinajstić information content (AvgIpc) is 2.88. The van der Waals surface area contributed by atoms with Crippen LogP contribution < -0.4 is 5.73 Å². The van der Waals surface area contributed by atoms with Crippen LogP contribution in [-0.4, -0.2) is 21.7 Å². The zero-order chi connectivity index (χ0) is 14.5. The highest BCUT2D eigenvalue weighted by atomic mass is 16.6. The molecule has 0 fully saturated rings. The van der Waals surface area contributed by atoms with Crippen molar-refractivity contribution in [2.45, 2.75) is 20.0 Å². The molecule has 1 heterocycles. The third-order valence-corrected chi connectivity index (χ3v) is 2.52. The van der Waals surface area contributed by atoms with E-state index in [1.165, 1.54) is 12.1 Å². The zero-order valence-electron chi connectivity index (χ0n) is 10.9. The number of nitrogens with two attached hydrogens (primary N) is 1. The predicted octanol–water partition coefficient (Wildman–Crippen LogP) is 2.15. The number of ether oxygens (including phenoxy) is 1. The molecule has 0 spiro atoms. The van der Waals surface area contributed by atoms with E-state index in [1.807, 2.05) is 6.92 Å². The normalized spacial score (nSPS) is 10.7. The molecular weight excluding hydrogens is 264 g/mol. The van der Waals surface area contributed by atoms with Gasteiger partial charge in [-0.1, -0.05) is 12.1 Å². The molecule has 8 heteroatoms. The Labute approximate surface area is 114 Å². The lowest BCUT2D eigenvalue weighted by Crippen LogP contribution is -1.96. The van der Waals surface area contributed by atoms with Gasteiger partial charge in [0.2, 0.25) is 0 Å². The Bertz CT molecular complexity index is 611. The van der Waals surface area contributed by atoms with Gasteiger partial charge in [-0.25, -0.2) is 0 Å². The highest BCUT2D eigenvalue weighted by Crippen LogP contribution is 2.27. The van der Waals surface area contributed by atoms with Crippen LogP contribution in [0.25, 0.3) is 11.5 Å². The van der Waals surface area contributed by atoms with Crippen molar-refractivity contribution < 1.29 is 14.2 Å². The number of nitrogens with zero attached hydrogens (tertiary/aromatic N) is 3. The van der Waals surface area contributed by atoms with Crippen molar-refractivity contribution in [3.8, 4) is 11.5 Å². The molecule has 2 N–H and O–H groups in total. The number of rotatable bonds is 6. The van der Waals surface area contributed by atoms with Gasteiger partial charge < -0.3 is 15.0 Å². The maximum absolute atomic E-state index is 10.8. The molecule has 1 aromatic heterocycles. The number of nitrogen functional groups attached to an aromatic ring is 1. The van der Waals surface area contributed by atoms with E-state index in [9.17, 15) is 10.1 Å². The Morgan fingerprint density at radius 1 is 1.50 bits per heavy atom. The maximum Gasteiger partial charge on any atom is 0.292 e. The van der Waals surface area contributed by atoms with Crippen molar-refractivity contribution in [3.05, 3.63) is 34.1 Å². The summed E-state index contributed by atoms with van der Waals surface area (Å²) in [5.41, 5.74) is 5.87. The van der Waals surface area contributed by atoms with Crippen LogP contribution in [0.2, 0.25) is 0 Å². The Morgan fingerprint density at radius 3 is 3.00 bits per heavy atom. The van der Waals surface area contributed by atoms with E-state index in [-0.39, 0.29) is 23.9 Å². The fourth-order valence-corrected chi connectivity index (χ4v) is 1.57. The second kappa shape index (κ2) is 6.11. The Kier molecular flexibility index (Phi) is 4.26. The van der Waals surface area contributed by atoms with Gasteiger partial charge in [0.05, 0.1) is 4.92 Å². The van der Waals surface area contributed by atoms with Gasteiger partial charge >= 0.3 is 0 Å². The minimum atomic E-state index is -0.555. The van der Waals surface area contributed by atoms with Gasteiger partial charge in [0, 0.05) is 18.2 Å². The van der Waals surface area contributed by atoms with E-state index in [1.54, 1.807) is 6.07 Å². The molecule has 20 heavy (non-hydrogen) atoms. The number of benzene rings is 1. The van der Waals surface area contributed by atoms with Crippen molar-refractivity contribution in [3.63, 3.8) is 0 Å². The molecule has 0 atom stereocenters. The molecule has 106 valence electrons. The molecule has 8 nitrogen and oxygen atoms in total. The number of hydrogen-bond donors (Lipinski definition) is 1. The van der Waals surface area contributed by atoms with Gasteiger partial charge in [-0.05, 0) is 18.6 Å². The van der Waals surface area contributed by atoms with Gasteiger partial charge in [0.15, 0.2) is 5.82 Å². The quantitative estimate of drug-likeness (QED) is 0.372. The molecule has 0 aliphatic heterocycles. The fourth-order valence-electron chi connectivity index (χ4n) is 1.57. The lowest BCUT2D eigenvalue weighted by atomic mass is 10.2. The lowest BCUT2D eigenvalue weighted by Gasteiger charge is -1.98. The SMILES string of the molecule is CCCOCc1noc(-c2ccc(N)c([N+](=O)[O-])c2)n1. The number of nitro benzene ring substituents is 1. The summed E-state index contributed by atoms with van der Waals surface area (Å²) in [6.07, 6.45) is 0.898. The Hall–Kier alpha value is -2.48. The molecule has 0 amide bonds. The van der Waals surface area contributed by atoms with Gasteiger partial charge in [0.1, 0.15) is 12.3 Å². The summed E-state index contributed by atoms with van der Waals surface area (Å²) in [5.74, 6) is 0.594. The Balaban J connectivity index is 2.19. The van der Waals surface area contributed by atoms with Crippen molar-refractivity contribution in [2.75, 3.05) is 12.3 Å². The van der Waals surface area contributed by atoms with Gasteiger partial charge in [-0.3, -0.25) is 10.1 Å². The van der Waals surface area contributed by atoms with E-state index in [0.29, 0.717) is 18.0 Å². The summed E-state index contributed by atoms with van der Waals surface area (Å²) in [7, 11) is 0. The number of nitro groups is 1. The fraction of sp³-hybridized carbons (Fsp3) is 0.333. The highest BCUT2D eigenvalue weighted by molar-refractivity contribution is 5.67. The van der Waals surface area contributed by atoms with Gasteiger partial charge in [0.25, 0.3) is 11.6 Å². The molecule has 2 aromatic rings. The molecule has 0 bridgehead atoms. The zero-order valence-corrected chi connectivity index (χ0v) is 10.9. The lowest BCUT2D eigenvalue weighted by molar-refractivity contribution is -0.383. The van der Waals surface area contributed by atoms with Crippen LogP contribution in [0.3, 0.4) is 0 Å². The minimum absolute atomic E-state index is 0.0877. The van der Waals surface area contributed by atoms with E-state index >= 15 is 0 Å². The summed E-state index contributed by atoms with van der Waals surface area (Å²) in [5, 5.41) is 14.6. The van der Waals surface area contributed by atoms with Crippen molar-refractivity contribution in [1.82, 2.24) is 10.1 Å². The van der Waals surface area contributed by atoms with Crippen LogP contribution in [0.15, 0.2) is 22.7 Å². The summed E-state index contributed by atoms with van der Waals surface area (Å²) >= 11 is 0. The van der Waals surface area contributed by atoms with Gasteiger partial charge in [-0.15, -0.1) is 0 Å². The van der Waals surface area contributed by atoms with Crippen molar-refractivity contribution in [2.24, 2.45) is 0 Å². The molecule has 1 aromatic carbocycles. The largest absolute Gasteiger partial charge is 0.393 e. The topological polar surface area (TPSA) is 117 Å². The van der Waals surface area contributed by atoms with E-state index in [0.717, 1.165) is 6.42 Å². The number of hydrogen-bond acceptors (Lipinski definition) is 7. The molecule has 0 saturated carbocycles. The summed E-state index contributed by atoms with van der Waals surface area (Å²) in [6, 6.07) is 4.33. The van der Waals surface area contributed by atoms with Crippen molar-refractivity contribution in [1.29, 1.82) is 0 Å². The average molecular weight is 278 g/mol. The van der Waals surface area contributed by atoms with Crippen LogP contribution in [-0.2, 0) is 11.3 Å². The third kappa shape index (κ3) is 3.09. The third-order valence-electron chi connectivity index (χ3n) is 2.52. The Morgan fingerprint density at radius 2 is 2.30 bits per heavy atom.